The monoisotopic (exact) mass is 158 g/mol. The van der Waals surface area contributed by atoms with Crippen molar-refractivity contribution >= 4 is 0 Å². The van der Waals surface area contributed by atoms with Crippen LogP contribution in [0.2, 0.25) is 0 Å². The number of hydrogen-bond acceptors (Lipinski definition) is 2. The summed E-state index contributed by atoms with van der Waals surface area (Å²) < 4.78 is 5.56. The first-order valence-electron chi connectivity index (χ1n) is 4.63. The van der Waals surface area contributed by atoms with Gasteiger partial charge >= 0.3 is 0 Å². The molecule has 66 valence electrons. The maximum absolute atomic E-state index is 8.78. The van der Waals surface area contributed by atoms with Crippen LogP contribution >= 0.6 is 0 Å². The third-order valence-electron chi connectivity index (χ3n) is 2.28. The standard InChI is InChI=1S/C9H18O2/c1-2-3-4-8-5-6-9(7-10)11-8/h8-10H,2-7H2,1H3/t8-,9-/m1/s1. The third kappa shape index (κ3) is 2.80. The van der Waals surface area contributed by atoms with E-state index in [0.29, 0.717) is 6.10 Å². The predicted molar refractivity (Wildman–Crippen MR) is 44.5 cm³/mol. The molecule has 11 heavy (non-hydrogen) atoms. The minimum absolute atomic E-state index is 0.136. The molecule has 0 bridgehead atoms. The Hall–Kier alpha value is -0.0800. The van der Waals surface area contributed by atoms with Crippen LogP contribution in [0.3, 0.4) is 0 Å². The van der Waals surface area contributed by atoms with Crippen molar-refractivity contribution in [1.82, 2.24) is 0 Å². The maximum atomic E-state index is 8.78. The molecule has 0 aromatic heterocycles. The Balaban J connectivity index is 2.09. The van der Waals surface area contributed by atoms with E-state index in [1.807, 2.05) is 0 Å². The van der Waals surface area contributed by atoms with Crippen molar-refractivity contribution in [1.29, 1.82) is 0 Å². The van der Waals surface area contributed by atoms with Crippen LogP contribution in [0.25, 0.3) is 0 Å². The van der Waals surface area contributed by atoms with E-state index in [9.17, 15) is 0 Å². The highest BCUT2D eigenvalue weighted by atomic mass is 16.5. The van der Waals surface area contributed by atoms with Gasteiger partial charge in [-0.25, -0.2) is 0 Å². The lowest BCUT2D eigenvalue weighted by molar-refractivity contribution is 0.00776. The first kappa shape index (κ1) is 9.01. The molecule has 1 saturated heterocycles. The summed E-state index contributed by atoms with van der Waals surface area (Å²) in [5.41, 5.74) is 0. The van der Waals surface area contributed by atoms with Gasteiger partial charge in [-0.3, -0.25) is 0 Å². The molecule has 0 radical (unpaired) electrons. The molecular weight excluding hydrogens is 140 g/mol. The number of aliphatic hydroxyl groups is 1. The molecule has 1 rings (SSSR count). The van der Waals surface area contributed by atoms with Gasteiger partial charge in [-0.2, -0.15) is 0 Å². The van der Waals surface area contributed by atoms with Crippen LogP contribution in [0.4, 0.5) is 0 Å². The summed E-state index contributed by atoms with van der Waals surface area (Å²) in [6.07, 6.45) is 6.43. The summed E-state index contributed by atoms with van der Waals surface area (Å²) in [6.45, 7) is 2.39. The van der Waals surface area contributed by atoms with E-state index in [1.54, 1.807) is 0 Å². The van der Waals surface area contributed by atoms with Gasteiger partial charge in [0.2, 0.25) is 0 Å². The second-order valence-electron chi connectivity index (χ2n) is 3.28. The highest BCUT2D eigenvalue weighted by Gasteiger charge is 2.23. The van der Waals surface area contributed by atoms with Crippen molar-refractivity contribution in [3.05, 3.63) is 0 Å². The maximum Gasteiger partial charge on any atom is 0.0810 e. The molecule has 1 heterocycles. The Labute approximate surface area is 68.6 Å². The zero-order chi connectivity index (χ0) is 8.10. The summed E-state index contributed by atoms with van der Waals surface area (Å²) in [6, 6.07) is 0. The highest BCUT2D eigenvalue weighted by Crippen LogP contribution is 2.22. The second kappa shape index (κ2) is 4.73. The van der Waals surface area contributed by atoms with Gasteiger partial charge in [0.25, 0.3) is 0 Å². The second-order valence-corrected chi connectivity index (χ2v) is 3.28. The number of aliphatic hydroxyl groups excluding tert-OH is 1. The van der Waals surface area contributed by atoms with E-state index < -0.39 is 0 Å². The van der Waals surface area contributed by atoms with Gasteiger partial charge in [0.05, 0.1) is 18.8 Å². The molecule has 0 aromatic carbocycles. The fourth-order valence-corrected chi connectivity index (χ4v) is 1.56. The zero-order valence-electron chi connectivity index (χ0n) is 7.25. The van der Waals surface area contributed by atoms with Gasteiger partial charge in [-0.15, -0.1) is 0 Å². The van der Waals surface area contributed by atoms with Crippen molar-refractivity contribution in [2.75, 3.05) is 6.61 Å². The van der Waals surface area contributed by atoms with Crippen LogP contribution in [0.15, 0.2) is 0 Å². The minimum atomic E-state index is 0.136. The largest absolute Gasteiger partial charge is 0.394 e. The van der Waals surface area contributed by atoms with Crippen LogP contribution in [0.1, 0.15) is 39.0 Å². The molecule has 1 aliphatic rings. The van der Waals surface area contributed by atoms with Crippen molar-refractivity contribution in [2.24, 2.45) is 0 Å². The van der Waals surface area contributed by atoms with Crippen molar-refractivity contribution in [3.8, 4) is 0 Å². The Morgan fingerprint density at radius 2 is 2.09 bits per heavy atom. The lowest BCUT2D eigenvalue weighted by atomic mass is 10.1. The van der Waals surface area contributed by atoms with Gasteiger partial charge in [0.15, 0.2) is 0 Å². The van der Waals surface area contributed by atoms with Crippen molar-refractivity contribution in [2.45, 2.75) is 51.2 Å². The molecule has 1 fully saturated rings. The van der Waals surface area contributed by atoms with Crippen molar-refractivity contribution < 1.29 is 9.84 Å². The third-order valence-corrected chi connectivity index (χ3v) is 2.28. The lowest BCUT2D eigenvalue weighted by Gasteiger charge is -2.10. The fourth-order valence-electron chi connectivity index (χ4n) is 1.56. The van der Waals surface area contributed by atoms with Crippen LogP contribution < -0.4 is 0 Å². The Morgan fingerprint density at radius 3 is 2.64 bits per heavy atom. The molecule has 2 atom stereocenters. The predicted octanol–water partition coefficient (Wildman–Crippen LogP) is 1.72. The van der Waals surface area contributed by atoms with Crippen LogP contribution in [0, 0.1) is 0 Å². The van der Waals surface area contributed by atoms with E-state index in [1.165, 1.54) is 19.3 Å². The number of rotatable bonds is 4. The summed E-state index contributed by atoms with van der Waals surface area (Å²) in [7, 11) is 0. The molecule has 0 unspecified atom stereocenters. The molecule has 0 aromatic rings. The quantitative estimate of drug-likeness (QED) is 0.675. The first-order chi connectivity index (χ1) is 5.36. The van der Waals surface area contributed by atoms with E-state index in [-0.39, 0.29) is 12.7 Å². The molecule has 0 amide bonds. The van der Waals surface area contributed by atoms with Gasteiger partial charge in [0.1, 0.15) is 0 Å². The molecular formula is C9H18O2. The van der Waals surface area contributed by atoms with E-state index in [2.05, 4.69) is 6.92 Å². The van der Waals surface area contributed by atoms with E-state index in [4.69, 9.17) is 9.84 Å². The fraction of sp³-hybridized carbons (Fsp3) is 1.00. The van der Waals surface area contributed by atoms with Gasteiger partial charge in [-0.05, 0) is 19.3 Å². The smallest absolute Gasteiger partial charge is 0.0810 e. The van der Waals surface area contributed by atoms with Gasteiger partial charge < -0.3 is 9.84 Å². The molecule has 1 aliphatic heterocycles. The number of unbranched alkanes of at least 4 members (excludes halogenated alkanes) is 1. The van der Waals surface area contributed by atoms with Crippen molar-refractivity contribution in [3.63, 3.8) is 0 Å². The Morgan fingerprint density at radius 1 is 1.36 bits per heavy atom. The summed E-state index contributed by atoms with van der Waals surface area (Å²) in [4.78, 5) is 0. The molecule has 2 heteroatoms. The van der Waals surface area contributed by atoms with Crippen LogP contribution in [-0.2, 0) is 4.74 Å². The topological polar surface area (TPSA) is 29.5 Å². The molecule has 0 saturated carbocycles. The Kier molecular flexibility index (Phi) is 3.87. The van der Waals surface area contributed by atoms with E-state index in [0.717, 1.165) is 12.8 Å². The SMILES string of the molecule is CCCC[C@@H]1CC[C@H](CO)O1. The van der Waals surface area contributed by atoms with Crippen LogP contribution in [0.5, 0.6) is 0 Å². The van der Waals surface area contributed by atoms with Gasteiger partial charge in [-0.1, -0.05) is 19.8 Å². The lowest BCUT2D eigenvalue weighted by Crippen LogP contribution is -2.14. The molecule has 1 N–H and O–H groups in total. The average molecular weight is 158 g/mol. The summed E-state index contributed by atoms with van der Waals surface area (Å²) in [5, 5.41) is 8.78. The first-order valence-corrected chi connectivity index (χ1v) is 4.63. The minimum Gasteiger partial charge on any atom is -0.394 e. The average Bonchev–Trinajstić information content (AvgIpc) is 2.48. The molecule has 0 spiro atoms. The number of hydrogen-bond donors (Lipinski definition) is 1. The molecule has 2 nitrogen and oxygen atoms in total. The van der Waals surface area contributed by atoms with Gasteiger partial charge in [0, 0.05) is 0 Å². The molecule has 0 aliphatic carbocycles. The van der Waals surface area contributed by atoms with E-state index >= 15 is 0 Å². The van der Waals surface area contributed by atoms with Crippen LogP contribution in [-0.4, -0.2) is 23.9 Å². The normalized spacial score (nSPS) is 31.1. The Bertz CT molecular complexity index is 104. The number of ether oxygens (including phenoxy) is 1. The highest BCUT2D eigenvalue weighted by molar-refractivity contribution is 4.72. The summed E-state index contributed by atoms with van der Waals surface area (Å²) >= 11 is 0. The summed E-state index contributed by atoms with van der Waals surface area (Å²) in [5.74, 6) is 0. The zero-order valence-corrected chi connectivity index (χ0v) is 7.25.